The maximum absolute atomic E-state index is 12.3. The largest absolute Gasteiger partial charge is 0.481 e. The normalized spacial score (nSPS) is 10.5. The monoisotopic (exact) mass is 302 g/mol. The average molecular weight is 302 g/mol. The summed E-state index contributed by atoms with van der Waals surface area (Å²) >= 11 is 0. The number of ether oxygens (including phenoxy) is 2. The Hall–Kier alpha value is -2.18. The molecule has 0 amide bonds. The molecule has 0 spiro atoms. The van der Waals surface area contributed by atoms with Crippen molar-refractivity contribution in [2.24, 2.45) is 0 Å². The number of esters is 1. The first-order valence-electron chi connectivity index (χ1n) is 6.36. The molecule has 0 aromatic heterocycles. The zero-order valence-electron chi connectivity index (χ0n) is 11.5. The van der Waals surface area contributed by atoms with Crippen LogP contribution in [-0.2, 0) is 27.2 Å². The van der Waals surface area contributed by atoms with Crippen LogP contribution in [0.1, 0.15) is 24.5 Å². The van der Waals surface area contributed by atoms with E-state index < -0.39 is 18.6 Å². The number of benzene rings is 1. The minimum Gasteiger partial charge on any atom is -0.481 e. The molecule has 0 saturated heterocycles. The van der Waals surface area contributed by atoms with Crippen LogP contribution in [0.4, 0.5) is 8.78 Å². The summed E-state index contributed by atoms with van der Waals surface area (Å²) in [6.07, 6.45) is -0.0975. The number of alkyl halides is 2. The van der Waals surface area contributed by atoms with Crippen molar-refractivity contribution in [1.82, 2.24) is 0 Å². The third-order valence-corrected chi connectivity index (χ3v) is 2.60. The van der Waals surface area contributed by atoms with Crippen molar-refractivity contribution in [3.63, 3.8) is 0 Å². The summed E-state index contributed by atoms with van der Waals surface area (Å²) in [5.41, 5.74) is 0.796. The van der Waals surface area contributed by atoms with Crippen LogP contribution < -0.4 is 4.74 Å². The molecule has 7 heteroatoms. The summed E-state index contributed by atoms with van der Waals surface area (Å²) in [5.74, 6) is -1.55. The van der Waals surface area contributed by atoms with Crippen molar-refractivity contribution in [3.8, 4) is 5.75 Å². The predicted octanol–water partition coefficient (Wildman–Crippen LogP) is 2.41. The molecule has 0 fully saturated rings. The zero-order valence-corrected chi connectivity index (χ0v) is 11.5. The minimum absolute atomic E-state index is 0.00393. The molecule has 0 aliphatic heterocycles. The summed E-state index contributed by atoms with van der Waals surface area (Å²) in [4.78, 5) is 22.0. The molecule has 21 heavy (non-hydrogen) atoms. The third kappa shape index (κ3) is 6.20. The fourth-order valence-electron chi connectivity index (χ4n) is 1.79. The predicted molar refractivity (Wildman–Crippen MR) is 69.4 cm³/mol. The fraction of sp³-hybridized carbons (Fsp3) is 0.429. The molecule has 0 heterocycles. The number of rotatable bonds is 8. The topological polar surface area (TPSA) is 72.8 Å². The molecule has 1 aromatic rings. The number of carboxylic acids is 1. The van der Waals surface area contributed by atoms with Gasteiger partial charge in [0.1, 0.15) is 5.75 Å². The molecule has 0 unspecified atom stereocenters. The second-order valence-corrected chi connectivity index (χ2v) is 4.20. The van der Waals surface area contributed by atoms with E-state index in [0.717, 1.165) is 0 Å². The summed E-state index contributed by atoms with van der Waals surface area (Å²) in [6, 6.07) is 4.13. The van der Waals surface area contributed by atoms with Gasteiger partial charge in [0, 0.05) is 6.42 Å². The number of aryl methyl sites for hydroxylation is 1. The Morgan fingerprint density at radius 3 is 2.62 bits per heavy atom. The Balaban J connectivity index is 2.87. The SMILES string of the molecule is CCOC(=O)CCc1cc(CC(=O)O)ccc1OC(F)F. The molecule has 0 saturated carbocycles. The van der Waals surface area contributed by atoms with E-state index in [0.29, 0.717) is 11.1 Å². The molecule has 0 aliphatic carbocycles. The van der Waals surface area contributed by atoms with Crippen LogP contribution in [0, 0.1) is 0 Å². The Bertz CT molecular complexity index is 502. The Morgan fingerprint density at radius 1 is 1.33 bits per heavy atom. The van der Waals surface area contributed by atoms with Crippen LogP contribution >= 0.6 is 0 Å². The van der Waals surface area contributed by atoms with E-state index >= 15 is 0 Å². The Kier molecular flexibility index (Phi) is 6.58. The molecule has 1 rings (SSSR count). The average Bonchev–Trinajstić information content (AvgIpc) is 2.38. The van der Waals surface area contributed by atoms with Crippen molar-refractivity contribution in [3.05, 3.63) is 29.3 Å². The minimum atomic E-state index is -2.99. The van der Waals surface area contributed by atoms with Gasteiger partial charge in [-0.25, -0.2) is 0 Å². The molecule has 0 aliphatic rings. The summed E-state index contributed by atoms with van der Waals surface area (Å²) in [7, 11) is 0. The smallest absolute Gasteiger partial charge is 0.387 e. The molecule has 0 bridgehead atoms. The first kappa shape index (κ1) is 16.9. The molecule has 5 nitrogen and oxygen atoms in total. The number of carbonyl (C=O) groups excluding carboxylic acids is 1. The Morgan fingerprint density at radius 2 is 2.05 bits per heavy atom. The van der Waals surface area contributed by atoms with E-state index in [2.05, 4.69) is 4.74 Å². The van der Waals surface area contributed by atoms with Gasteiger partial charge in [0.25, 0.3) is 0 Å². The first-order valence-corrected chi connectivity index (χ1v) is 6.36. The summed E-state index contributed by atoms with van der Waals surface area (Å²) < 4.78 is 33.8. The maximum atomic E-state index is 12.3. The highest BCUT2D eigenvalue weighted by Crippen LogP contribution is 2.24. The van der Waals surface area contributed by atoms with Gasteiger partial charge >= 0.3 is 18.6 Å². The third-order valence-electron chi connectivity index (χ3n) is 2.60. The van der Waals surface area contributed by atoms with Crippen LogP contribution in [-0.4, -0.2) is 30.3 Å². The number of hydrogen-bond acceptors (Lipinski definition) is 4. The van der Waals surface area contributed by atoms with Gasteiger partial charge in [-0.05, 0) is 30.5 Å². The highest BCUT2D eigenvalue weighted by Gasteiger charge is 2.13. The van der Waals surface area contributed by atoms with Gasteiger partial charge in [-0.1, -0.05) is 12.1 Å². The molecule has 0 atom stereocenters. The van der Waals surface area contributed by atoms with Crippen LogP contribution in [0.5, 0.6) is 5.75 Å². The van der Waals surface area contributed by atoms with Crippen LogP contribution in [0.3, 0.4) is 0 Å². The lowest BCUT2D eigenvalue weighted by molar-refractivity contribution is -0.143. The van der Waals surface area contributed by atoms with Crippen molar-refractivity contribution in [2.75, 3.05) is 6.61 Å². The standard InChI is InChI=1S/C14H16F2O5/c1-2-20-13(19)6-4-10-7-9(8-12(17)18)3-5-11(10)21-14(15)16/h3,5,7,14H,2,4,6,8H2,1H3,(H,17,18). The lowest BCUT2D eigenvalue weighted by Crippen LogP contribution is -2.09. The van der Waals surface area contributed by atoms with Gasteiger partial charge in [0.2, 0.25) is 0 Å². The molecule has 0 radical (unpaired) electrons. The van der Waals surface area contributed by atoms with Crippen LogP contribution in [0.15, 0.2) is 18.2 Å². The fourth-order valence-corrected chi connectivity index (χ4v) is 1.79. The van der Waals surface area contributed by atoms with E-state index in [4.69, 9.17) is 9.84 Å². The maximum Gasteiger partial charge on any atom is 0.387 e. The summed E-state index contributed by atoms with van der Waals surface area (Å²) in [6.45, 7) is -1.09. The number of carbonyl (C=O) groups is 2. The van der Waals surface area contributed by atoms with Crippen LogP contribution in [0.2, 0.25) is 0 Å². The second-order valence-electron chi connectivity index (χ2n) is 4.20. The second kappa shape index (κ2) is 8.18. The zero-order chi connectivity index (χ0) is 15.8. The van der Waals surface area contributed by atoms with E-state index in [1.807, 2.05) is 0 Å². The summed E-state index contributed by atoms with van der Waals surface area (Å²) in [5, 5.41) is 8.74. The lowest BCUT2D eigenvalue weighted by Gasteiger charge is -2.12. The van der Waals surface area contributed by atoms with Gasteiger partial charge in [-0.2, -0.15) is 8.78 Å². The molecule has 1 aromatic carbocycles. The van der Waals surface area contributed by atoms with Crippen molar-refractivity contribution in [1.29, 1.82) is 0 Å². The van der Waals surface area contributed by atoms with Gasteiger partial charge in [-0.3, -0.25) is 9.59 Å². The van der Waals surface area contributed by atoms with Crippen molar-refractivity contribution >= 4 is 11.9 Å². The van der Waals surface area contributed by atoms with Crippen LogP contribution in [0.25, 0.3) is 0 Å². The number of halogens is 2. The quantitative estimate of drug-likeness (QED) is 0.747. The Labute approximate surface area is 120 Å². The van der Waals surface area contributed by atoms with Gasteiger partial charge in [0.05, 0.1) is 13.0 Å². The van der Waals surface area contributed by atoms with E-state index in [1.54, 1.807) is 6.92 Å². The van der Waals surface area contributed by atoms with E-state index in [-0.39, 0.29) is 31.6 Å². The molecular weight excluding hydrogens is 286 g/mol. The number of carboxylic acid groups (broad SMARTS) is 1. The van der Waals surface area contributed by atoms with E-state index in [1.165, 1.54) is 18.2 Å². The molecule has 116 valence electrons. The number of aliphatic carboxylic acids is 1. The van der Waals surface area contributed by atoms with Gasteiger partial charge in [-0.15, -0.1) is 0 Å². The molecule has 1 N–H and O–H groups in total. The molecular formula is C14H16F2O5. The first-order chi connectivity index (χ1) is 9.92. The highest BCUT2D eigenvalue weighted by molar-refractivity contribution is 5.71. The highest BCUT2D eigenvalue weighted by atomic mass is 19.3. The van der Waals surface area contributed by atoms with Gasteiger partial charge in [0.15, 0.2) is 0 Å². The van der Waals surface area contributed by atoms with Crippen molar-refractivity contribution < 1.29 is 33.0 Å². The van der Waals surface area contributed by atoms with Crippen molar-refractivity contribution in [2.45, 2.75) is 32.8 Å². The lowest BCUT2D eigenvalue weighted by atomic mass is 10.0. The number of hydrogen-bond donors (Lipinski definition) is 1. The van der Waals surface area contributed by atoms with E-state index in [9.17, 15) is 18.4 Å². The van der Waals surface area contributed by atoms with Gasteiger partial charge < -0.3 is 14.6 Å².